The van der Waals surface area contributed by atoms with Crippen molar-refractivity contribution in [3.05, 3.63) is 0 Å². The van der Waals surface area contributed by atoms with Gasteiger partial charge in [-0.2, -0.15) is 74.6 Å². The van der Waals surface area contributed by atoms with Gasteiger partial charge in [-0.15, -0.1) is 0 Å². The average molecular weight is 746 g/mol. The van der Waals surface area contributed by atoms with Crippen LogP contribution in [0.4, 0.5) is 74.6 Å². The summed E-state index contributed by atoms with van der Waals surface area (Å²) in [4.78, 5) is 12.9. The third-order valence-electron chi connectivity index (χ3n) is 5.76. The number of nitrogens with zero attached hydrogens (tertiary/aromatic N) is 1. The number of amides is 1. The molecule has 0 aromatic heterocycles. The van der Waals surface area contributed by atoms with E-state index in [1.807, 2.05) is 0 Å². The molecule has 0 aromatic carbocycles. The first kappa shape index (κ1) is 43.3. The van der Waals surface area contributed by atoms with Crippen molar-refractivity contribution in [3.8, 4) is 0 Å². The number of sulfone groups is 1. The van der Waals surface area contributed by atoms with Crippen molar-refractivity contribution in [2.75, 3.05) is 26.4 Å². The van der Waals surface area contributed by atoms with Crippen LogP contribution >= 0.6 is 0 Å². The standard InChI is InChI=1S/C19H24F17NO6SSi/c1-6-37(45(41-7-2,42-8-3)43-9-4)11(38)10(5)44(39,40)19(35,36)17(30,31)15(26,27)13(22,23)12(20,21)14(24,25)16(28,29)18(32,33)34/h10H,6-9H2,1-5H3. The van der Waals surface area contributed by atoms with E-state index in [-0.39, 0.29) is 11.5 Å². The molecule has 0 bridgehead atoms. The quantitative estimate of drug-likeness (QED) is 0.131. The first-order chi connectivity index (χ1) is 19.7. The molecule has 0 heterocycles. The topological polar surface area (TPSA) is 82.1 Å². The van der Waals surface area contributed by atoms with E-state index in [0.29, 0.717) is 0 Å². The van der Waals surface area contributed by atoms with Crippen LogP contribution in [0.15, 0.2) is 0 Å². The summed E-state index contributed by atoms with van der Waals surface area (Å²) < 4.78 is 272. The van der Waals surface area contributed by atoms with Crippen LogP contribution in [-0.4, -0.2) is 106 Å². The molecule has 1 atom stereocenters. The van der Waals surface area contributed by atoms with Crippen LogP contribution in [0.25, 0.3) is 0 Å². The smallest absolute Gasteiger partial charge is 0.357 e. The minimum absolute atomic E-state index is 0.0978. The minimum Gasteiger partial charge on any atom is -0.357 e. The number of halogens is 17. The van der Waals surface area contributed by atoms with E-state index in [2.05, 4.69) is 0 Å². The van der Waals surface area contributed by atoms with Crippen molar-refractivity contribution in [1.29, 1.82) is 0 Å². The van der Waals surface area contributed by atoms with E-state index < -0.39 is 103 Å². The number of carbonyl (C=O) groups excluding carboxylic acids is 1. The van der Waals surface area contributed by atoms with Crippen LogP contribution in [0.2, 0.25) is 0 Å². The van der Waals surface area contributed by atoms with Gasteiger partial charge in [0.2, 0.25) is 15.7 Å². The number of carbonyl (C=O) groups is 1. The van der Waals surface area contributed by atoms with Gasteiger partial charge < -0.3 is 17.8 Å². The summed E-state index contributed by atoms with van der Waals surface area (Å²) in [5.74, 6) is -54.7. The van der Waals surface area contributed by atoms with Gasteiger partial charge in [-0.1, -0.05) is 0 Å². The van der Waals surface area contributed by atoms with E-state index in [9.17, 15) is 87.8 Å². The lowest BCUT2D eigenvalue weighted by Crippen LogP contribution is -2.75. The molecule has 270 valence electrons. The van der Waals surface area contributed by atoms with Gasteiger partial charge >= 0.3 is 55.9 Å². The highest BCUT2D eigenvalue weighted by Crippen LogP contribution is 2.64. The molecule has 0 aliphatic rings. The largest absolute Gasteiger partial charge is 0.635 e. The van der Waals surface area contributed by atoms with E-state index in [0.717, 1.165) is 6.92 Å². The van der Waals surface area contributed by atoms with Crippen LogP contribution in [0.1, 0.15) is 34.6 Å². The zero-order valence-corrected chi connectivity index (χ0v) is 25.0. The molecule has 1 amide bonds. The summed E-state index contributed by atoms with van der Waals surface area (Å²) in [6.45, 7) is 2.26. The van der Waals surface area contributed by atoms with E-state index in [1.54, 1.807) is 0 Å². The maximum atomic E-state index is 14.7. The molecule has 7 nitrogen and oxygen atoms in total. The van der Waals surface area contributed by atoms with Gasteiger partial charge in [-0.05, 0) is 34.6 Å². The zero-order valence-electron chi connectivity index (χ0n) is 23.1. The van der Waals surface area contributed by atoms with Gasteiger partial charge in [0.25, 0.3) is 0 Å². The summed E-state index contributed by atoms with van der Waals surface area (Å²) in [5.41, 5.74) is 0. The summed E-state index contributed by atoms with van der Waals surface area (Å²) in [5, 5.41) is -11.6. The fourth-order valence-electron chi connectivity index (χ4n) is 3.29. The van der Waals surface area contributed by atoms with Crippen molar-refractivity contribution in [3.63, 3.8) is 0 Å². The van der Waals surface area contributed by atoms with E-state index in [4.69, 9.17) is 13.3 Å². The second kappa shape index (κ2) is 13.1. The zero-order chi connectivity index (χ0) is 36.7. The Kier molecular flexibility index (Phi) is 12.6. The number of hydrogen-bond acceptors (Lipinski definition) is 6. The van der Waals surface area contributed by atoms with Crippen molar-refractivity contribution >= 4 is 24.7 Å². The maximum Gasteiger partial charge on any atom is 0.635 e. The van der Waals surface area contributed by atoms with Crippen LogP contribution in [0.5, 0.6) is 0 Å². The van der Waals surface area contributed by atoms with Crippen molar-refractivity contribution < 1.29 is 101 Å². The molecule has 26 heteroatoms. The van der Waals surface area contributed by atoms with Crippen molar-refractivity contribution in [2.24, 2.45) is 0 Å². The fourth-order valence-corrected chi connectivity index (χ4v) is 7.37. The third-order valence-corrected chi connectivity index (χ3v) is 11.0. The van der Waals surface area contributed by atoms with Gasteiger partial charge in [0, 0.05) is 26.4 Å². The van der Waals surface area contributed by atoms with Crippen LogP contribution in [-0.2, 0) is 27.9 Å². The van der Waals surface area contributed by atoms with Gasteiger partial charge in [-0.25, -0.2) is 8.42 Å². The molecule has 0 saturated carbocycles. The highest BCUT2D eigenvalue weighted by Gasteiger charge is 2.96. The number of hydrogen-bond donors (Lipinski definition) is 0. The Labute approximate surface area is 244 Å². The Morgan fingerprint density at radius 1 is 0.600 bits per heavy atom. The molecule has 0 aromatic rings. The molecule has 0 aliphatic carbocycles. The lowest BCUT2D eigenvalue weighted by Gasteiger charge is -2.43. The van der Waals surface area contributed by atoms with Crippen LogP contribution in [0.3, 0.4) is 0 Å². The second-order valence-electron chi connectivity index (χ2n) is 8.55. The Bertz CT molecular complexity index is 1130. The highest BCUT2D eigenvalue weighted by molar-refractivity contribution is 7.93. The van der Waals surface area contributed by atoms with Crippen LogP contribution in [0, 0.1) is 0 Å². The fraction of sp³-hybridized carbons (Fsp3) is 0.947. The Morgan fingerprint density at radius 2 is 0.889 bits per heavy atom. The maximum absolute atomic E-state index is 14.7. The normalized spacial score (nSPS) is 16.1. The lowest BCUT2D eigenvalue weighted by atomic mass is 9.91. The lowest BCUT2D eigenvalue weighted by molar-refractivity contribution is -0.458. The van der Waals surface area contributed by atoms with Crippen molar-refractivity contribution in [1.82, 2.24) is 4.57 Å². The predicted octanol–water partition coefficient (Wildman–Crippen LogP) is 6.15. The number of alkyl halides is 17. The Morgan fingerprint density at radius 3 is 1.16 bits per heavy atom. The van der Waals surface area contributed by atoms with Gasteiger partial charge in [0.1, 0.15) is 5.25 Å². The second-order valence-corrected chi connectivity index (χ2v) is 13.3. The average Bonchev–Trinajstić information content (AvgIpc) is 2.87. The molecule has 45 heavy (non-hydrogen) atoms. The van der Waals surface area contributed by atoms with Crippen molar-refractivity contribution in [2.45, 2.75) is 86.8 Å². The molecular formula is C19H24F17NO6SSi. The minimum atomic E-state index is -8.98. The summed E-state index contributed by atoms with van der Waals surface area (Å²) >= 11 is 0. The molecule has 1 unspecified atom stereocenters. The summed E-state index contributed by atoms with van der Waals surface area (Å²) in [6.07, 6.45) is -7.94. The molecule has 0 aliphatic heterocycles. The van der Waals surface area contributed by atoms with Gasteiger partial charge in [0.15, 0.2) is 0 Å². The molecule has 0 radical (unpaired) electrons. The number of rotatable bonds is 17. The Hall–Kier alpha value is -1.67. The van der Waals surface area contributed by atoms with E-state index >= 15 is 0 Å². The SMILES string of the molecule is CCO[Si](OCC)(OCC)N(CC)C(=O)C(C)S(=O)(=O)C(F)(F)C(F)(F)C(F)(F)C(F)(F)C(F)(F)C(F)(F)C(F)(F)C(F)(F)F. The first-order valence-corrected chi connectivity index (χ1v) is 15.1. The Balaban J connectivity index is 7.21. The molecule has 0 N–H and O–H groups in total. The molecule has 0 saturated heterocycles. The summed E-state index contributed by atoms with van der Waals surface area (Å²) in [6, 6.07) is 0. The highest BCUT2D eigenvalue weighted by atomic mass is 32.2. The van der Waals surface area contributed by atoms with E-state index in [1.165, 1.54) is 20.8 Å². The molecule has 0 fully saturated rings. The van der Waals surface area contributed by atoms with Crippen LogP contribution < -0.4 is 0 Å². The van der Waals surface area contributed by atoms with Gasteiger partial charge in [-0.3, -0.25) is 4.79 Å². The summed E-state index contributed by atoms with van der Waals surface area (Å²) in [7, 11) is -12.4. The molecule has 0 rings (SSSR count). The molecular weight excluding hydrogens is 721 g/mol. The van der Waals surface area contributed by atoms with Gasteiger partial charge in [0.05, 0.1) is 0 Å². The first-order valence-electron chi connectivity index (χ1n) is 11.9. The predicted molar refractivity (Wildman–Crippen MR) is 117 cm³/mol. The third kappa shape index (κ3) is 6.32. The monoisotopic (exact) mass is 745 g/mol. The molecule has 0 spiro atoms.